The first-order valence-corrected chi connectivity index (χ1v) is 3.49. The predicted octanol–water partition coefficient (Wildman–Crippen LogP) is -1.01. The summed E-state index contributed by atoms with van der Waals surface area (Å²) in [7, 11) is 0. The summed E-state index contributed by atoms with van der Waals surface area (Å²) < 4.78 is 0. The van der Waals surface area contributed by atoms with Gasteiger partial charge in [-0.15, -0.1) is 0 Å². The van der Waals surface area contributed by atoms with Gasteiger partial charge >= 0.3 is 0 Å². The van der Waals surface area contributed by atoms with E-state index in [1.807, 2.05) is 0 Å². The minimum atomic E-state index is -0.659. The second-order valence-corrected chi connectivity index (χ2v) is 1.52. The van der Waals surface area contributed by atoms with E-state index in [1.54, 1.807) is 0 Å². The lowest BCUT2D eigenvalue weighted by atomic mass is 11.5. The molecule has 1 fully saturated rings. The Hall–Kier alpha value is -0.640. The average Bonchev–Trinajstić information content (AvgIpc) is 2.39. The second-order valence-electron chi connectivity index (χ2n) is 1.52. The molecule has 16 nitrogen and oxygen atoms in total. The van der Waals surface area contributed by atoms with E-state index >= 15 is 0 Å². The van der Waals surface area contributed by atoms with Gasteiger partial charge in [0, 0.05) is 0 Å². The van der Waals surface area contributed by atoms with Crippen LogP contribution in [0.5, 0.6) is 0 Å². The van der Waals surface area contributed by atoms with Crippen LogP contribution in [0.1, 0.15) is 0 Å². The molecule has 0 aromatic carbocycles. The molecule has 0 saturated carbocycles. The highest BCUT2D eigenvalue weighted by Gasteiger charge is 2.00. The first kappa shape index (κ1) is 15.4. The lowest BCUT2D eigenvalue weighted by molar-refractivity contribution is -0.837. The summed E-state index contributed by atoms with van der Waals surface area (Å²) in [5, 5.41) is 44.2. The normalized spacial score (nSPS) is 24.0. The van der Waals surface area contributed by atoms with Gasteiger partial charge in [0.05, 0.1) is 0 Å². The highest BCUT2D eigenvalue weighted by atomic mass is 17.9. The maximum Gasteiger partial charge on any atom is 0.221 e. The van der Waals surface area contributed by atoms with Crippen molar-refractivity contribution in [2.24, 2.45) is 0 Å². The molecule has 1 heterocycles. The summed E-state index contributed by atoms with van der Waals surface area (Å²) in [5.41, 5.74) is 0. The maximum absolute atomic E-state index is 4.02. The van der Waals surface area contributed by atoms with Gasteiger partial charge in [0.25, 0.3) is 0 Å². The minimum Gasteiger partial charge on any atom is -0.172 e. The molecule has 1 saturated heterocycles. The van der Waals surface area contributed by atoms with E-state index in [0.29, 0.717) is 0 Å². The van der Waals surface area contributed by atoms with Crippen molar-refractivity contribution in [1.82, 2.24) is 0 Å². The minimum absolute atomic E-state index is 0.659. The molecule has 0 spiro atoms. The van der Waals surface area contributed by atoms with Gasteiger partial charge in [0.15, 0.2) is 0 Å². The molecule has 16 heteroatoms. The van der Waals surface area contributed by atoms with Crippen molar-refractivity contribution in [1.29, 1.82) is 0 Å². The highest BCUT2D eigenvalue weighted by molar-refractivity contribution is 3.70. The van der Waals surface area contributed by atoms with Crippen LogP contribution >= 0.6 is 0 Å². The van der Waals surface area contributed by atoms with E-state index in [1.165, 1.54) is 0 Å². The molecular weight excluding hydrogens is 280 g/mol. The molecular formula is C2H4O16. The third-order valence-electron chi connectivity index (χ3n) is 0.663. The fraction of sp³-hybridized carbons (Fsp3) is 1.00. The molecule has 0 aromatic rings. The molecule has 0 N–H and O–H groups in total. The Labute approximate surface area is 94.9 Å². The van der Waals surface area contributed by atoms with Crippen LogP contribution in [0, 0.1) is 0 Å². The fourth-order valence-electron chi connectivity index (χ4n) is 0.287. The van der Waals surface area contributed by atoms with Crippen LogP contribution in [-0.4, -0.2) is 13.6 Å². The Morgan fingerprint density at radius 3 is 0.778 bits per heavy atom. The molecule has 1 aliphatic rings. The van der Waals surface area contributed by atoms with Crippen molar-refractivity contribution in [3.05, 3.63) is 0 Å². The van der Waals surface area contributed by atoms with Gasteiger partial charge in [-0.1, -0.05) is 0 Å². The van der Waals surface area contributed by atoms with E-state index < -0.39 is 13.6 Å². The van der Waals surface area contributed by atoms with Gasteiger partial charge in [-0.05, 0) is 60.5 Å². The molecule has 0 aromatic heterocycles. The Morgan fingerprint density at radius 1 is 0.278 bits per heavy atom. The zero-order valence-electron chi connectivity index (χ0n) is 7.95. The van der Waals surface area contributed by atoms with Crippen molar-refractivity contribution in [2.45, 2.75) is 0 Å². The highest BCUT2D eigenvalue weighted by Crippen LogP contribution is 1.93. The Bertz CT molecular complexity index is 84.1. The second kappa shape index (κ2) is 12.8. The first-order chi connectivity index (χ1) is 9.00. The summed E-state index contributed by atoms with van der Waals surface area (Å²) in [4.78, 5) is 16.1. The standard InChI is InChI=1S/C2H4O16/c1-3-7-11-15-17-13-9-5-2-6-10-14-18-16-12-8-4-1/h1-2H2. The zero-order chi connectivity index (χ0) is 12.7. The molecule has 0 radical (unpaired) electrons. The summed E-state index contributed by atoms with van der Waals surface area (Å²) in [5.74, 6) is 0. The third kappa shape index (κ3) is 10.5. The number of hydrogen-bond acceptors (Lipinski definition) is 16. The third-order valence-corrected chi connectivity index (χ3v) is 0.663. The average molecular weight is 284 g/mol. The van der Waals surface area contributed by atoms with E-state index in [-0.39, 0.29) is 0 Å². The van der Waals surface area contributed by atoms with Crippen LogP contribution < -0.4 is 0 Å². The molecule has 1 rings (SSSR count). The van der Waals surface area contributed by atoms with E-state index in [0.717, 1.165) is 0 Å². The quantitative estimate of drug-likeness (QED) is 0.499. The van der Waals surface area contributed by atoms with Crippen LogP contribution in [0.15, 0.2) is 0 Å². The van der Waals surface area contributed by atoms with Crippen molar-refractivity contribution < 1.29 is 80.0 Å². The fourth-order valence-corrected chi connectivity index (χ4v) is 0.287. The lowest BCUT2D eigenvalue weighted by Gasteiger charge is -2.02. The van der Waals surface area contributed by atoms with Gasteiger partial charge in [0.2, 0.25) is 13.6 Å². The van der Waals surface area contributed by atoms with Crippen LogP contribution in [0.4, 0.5) is 0 Å². The van der Waals surface area contributed by atoms with Gasteiger partial charge in [-0.3, -0.25) is 0 Å². The summed E-state index contributed by atoms with van der Waals surface area (Å²) in [6.07, 6.45) is 0. The molecule has 0 bridgehead atoms. The molecule has 1 aliphatic heterocycles. The smallest absolute Gasteiger partial charge is 0.172 e. The Kier molecular flexibility index (Phi) is 11.0. The lowest BCUT2D eigenvalue weighted by Crippen LogP contribution is -2.08. The molecule has 0 unspecified atom stereocenters. The van der Waals surface area contributed by atoms with Gasteiger partial charge in [0.1, 0.15) is 0 Å². The molecule has 108 valence electrons. The van der Waals surface area contributed by atoms with Gasteiger partial charge < -0.3 is 0 Å². The van der Waals surface area contributed by atoms with Crippen LogP contribution in [0.3, 0.4) is 0 Å². The van der Waals surface area contributed by atoms with E-state index in [2.05, 4.69) is 80.0 Å². The largest absolute Gasteiger partial charge is 0.221 e. The van der Waals surface area contributed by atoms with Crippen LogP contribution in [-0.2, 0) is 80.0 Å². The van der Waals surface area contributed by atoms with E-state index in [4.69, 9.17) is 0 Å². The van der Waals surface area contributed by atoms with Crippen molar-refractivity contribution in [3.8, 4) is 0 Å². The maximum atomic E-state index is 4.02. The van der Waals surface area contributed by atoms with E-state index in [9.17, 15) is 0 Å². The topological polar surface area (TPSA) is 148 Å². The molecule has 18 heavy (non-hydrogen) atoms. The van der Waals surface area contributed by atoms with Crippen molar-refractivity contribution >= 4 is 0 Å². The molecule has 0 amide bonds. The number of rotatable bonds is 0. The number of hydrogen-bond donors (Lipinski definition) is 0. The van der Waals surface area contributed by atoms with Crippen molar-refractivity contribution in [3.63, 3.8) is 0 Å². The van der Waals surface area contributed by atoms with Gasteiger partial charge in [-0.25, -0.2) is 0 Å². The predicted molar refractivity (Wildman–Crippen MR) is 27.1 cm³/mol. The van der Waals surface area contributed by atoms with Crippen LogP contribution in [0.25, 0.3) is 0 Å². The van der Waals surface area contributed by atoms with Crippen LogP contribution in [0.2, 0.25) is 0 Å². The summed E-state index contributed by atoms with van der Waals surface area (Å²) >= 11 is 0. The summed E-state index contributed by atoms with van der Waals surface area (Å²) in [6.45, 7) is -1.32. The monoisotopic (exact) mass is 284 g/mol. The van der Waals surface area contributed by atoms with Crippen molar-refractivity contribution in [2.75, 3.05) is 13.6 Å². The first-order valence-electron chi connectivity index (χ1n) is 3.49. The molecule has 0 atom stereocenters. The Morgan fingerprint density at radius 2 is 0.500 bits per heavy atom. The van der Waals surface area contributed by atoms with Gasteiger partial charge in [-0.2, -0.15) is 19.6 Å². The zero-order valence-corrected chi connectivity index (χ0v) is 7.95. The Balaban J connectivity index is 2.00. The summed E-state index contributed by atoms with van der Waals surface area (Å²) in [6, 6.07) is 0. The molecule has 0 aliphatic carbocycles. The SMILES string of the molecule is C1OOOOOOOOCOOOOOOOO1.